The van der Waals surface area contributed by atoms with Crippen LogP contribution in [0.5, 0.6) is 0 Å². The van der Waals surface area contributed by atoms with Gasteiger partial charge in [-0.1, -0.05) is 32.1 Å². The molecule has 1 fully saturated rings. The fourth-order valence-corrected chi connectivity index (χ4v) is 4.05. The van der Waals surface area contributed by atoms with Crippen molar-refractivity contribution in [1.29, 1.82) is 0 Å². The first-order valence-corrected chi connectivity index (χ1v) is 12.2. The van der Waals surface area contributed by atoms with Gasteiger partial charge in [-0.05, 0) is 41.7 Å². The number of nitrogens with one attached hydrogen (secondary N) is 1. The third-order valence-electron chi connectivity index (χ3n) is 6.39. The second kappa shape index (κ2) is 10.7. The Morgan fingerprint density at radius 3 is 2.49 bits per heavy atom. The van der Waals surface area contributed by atoms with Gasteiger partial charge in [0.25, 0.3) is 11.5 Å². The molecule has 2 N–H and O–H groups in total. The standard InChI is InChI=1S/C26H32N6O5/c1-17-5-6-18(13-22(17)32-16-21(25(35)36)28-29-32)23(33)27-20-14-19(26(2,3)4)15-31(24(20)34)8-7-30-9-11-37-12-10-30/h5-6,13-16H,7-12H2,1-4H3,(H,27,33)(H,35,36). The number of aromatic nitrogens is 4. The van der Waals surface area contributed by atoms with E-state index in [2.05, 4.69) is 41.3 Å². The van der Waals surface area contributed by atoms with Crippen molar-refractivity contribution in [2.24, 2.45) is 0 Å². The van der Waals surface area contributed by atoms with E-state index >= 15 is 0 Å². The Labute approximate surface area is 214 Å². The molecule has 3 heterocycles. The molecule has 1 aliphatic rings. The van der Waals surface area contributed by atoms with Gasteiger partial charge in [0.2, 0.25) is 0 Å². The van der Waals surface area contributed by atoms with Gasteiger partial charge in [0.05, 0.1) is 25.1 Å². The molecule has 1 saturated heterocycles. The number of carboxylic acids is 1. The minimum absolute atomic E-state index is 0.203. The molecular formula is C26H32N6O5. The normalized spacial score (nSPS) is 14.5. The zero-order chi connectivity index (χ0) is 26.7. The van der Waals surface area contributed by atoms with Crippen molar-refractivity contribution in [2.75, 3.05) is 38.2 Å². The first kappa shape index (κ1) is 26.2. The average molecular weight is 509 g/mol. The van der Waals surface area contributed by atoms with Gasteiger partial charge in [0.1, 0.15) is 5.69 Å². The topological polar surface area (TPSA) is 132 Å². The predicted molar refractivity (Wildman–Crippen MR) is 138 cm³/mol. The molecule has 1 aromatic carbocycles. The largest absolute Gasteiger partial charge is 0.476 e. The Balaban J connectivity index is 1.61. The Kier molecular flexibility index (Phi) is 7.55. The molecule has 0 saturated carbocycles. The fourth-order valence-electron chi connectivity index (χ4n) is 4.05. The molecular weight excluding hydrogens is 476 g/mol. The number of aryl methyl sites for hydroxylation is 1. The number of hydrogen-bond acceptors (Lipinski definition) is 7. The van der Waals surface area contributed by atoms with Gasteiger partial charge in [0, 0.05) is 37.9 Å². The van der Waals surface area contributed by atoms with Crippen LogP contribution in [0.15, 0.2) is 41.5 Å². The van der Waals surface area contributed by atoms with Gasteiger partial charge in [-0.2, -0.15) is 0 Å². The molecule has 196 valence electrons. The van der Waals surface area contributed by atoms with Crippen molar-refractivity contribution < 1.29 is 19.4 Å². The van der Waals surface area contributed by atoms with Crippen LogP contribution in [0.2, 0.25) is 0 Å². The lowest BCUT2D eigenvalue weighted by Gasteiger charge is -2.27. The van der Waals surface area contributed by atoms with E-state index in [9.17, 15) is 14.4 Å². The molecule has 11 heteroatoms. The molecule has 37 heavy (non-hydrogen) atoms. The zero-order valence-electron chi connectivity index (χ0n) is 21.5. The molecule has 1 amide bonds. The lowest BCUT2D eigenvalue weighted by atomic mass is 9.88. The second-order valence-corrected chi connectivity index (χ2v) is 10.2. The van der Waals surface area contributed by atoms with E-state index in [1.165, 1.54) is 10.9 Å². The van der Waals surface area contributed by atoms with E-state index in [1.54, 1.807) is 28.8 Å². The molecule has 0 bridgehead atoms. The number of amides is 1. The van der Waals surface area contributed by atoms with Crippen LogP contribution in [0.3, 0.4) is 0 Å². The van der Waals surface area contributed by atoms with E-state index < -0.39 is 11.9 Å². The number of rotatable bonds is 7. The predicted octanol–water partition coefficient (Wildman–Crippen LogP) is 2.32. The van der Waals surface area contributed by atoms with Crippen LogP contribution in [0.25, 0.3) is 5.69 Å². The van der Waals surface area contributed by atoms with Gasteiger partial charge in [-0.15, -0.1) is 5.10 Å². The maximum Gasteiger partial charge on any atom is 0.358 e. The maximum absolute atomic E-state index is 13.3. The van der Waals surface area contributed by atoms with E-state index in [1.807, 2.05) is 13.1 Å². The third kappa shape index (κ3) is 6.12. The van der Waals surface area contributed by atoms with Crippen LogP contribution in [0, 0.1) is 6.92 Å². The van der Waals surface area contributed by atoms with Crippen LogP contribution in [-0.2, 0) is 16.7 Å². The van der Waals surface area contributed by atoms with Crippen LogP contribution < -0.4 is 10.9 Å². The minimum Gasteiger partial charge on any atom is -0.476 e. The summed E-state index contributed by atoms with van der Waals surface area (Å²) in [4.78, 5) is 40.0. The summed E-state index contributed by atoms with van der Waals surface area (Å²) in [6, 6.07) is 6.71. The second-order valence-electron chi connectivity index (χ2n) is 10.2. The number of anilines is 1. The summed E-state index contributed by atoms with van der Waals surface area (Å²) >= 11 is 0. The Bertz CT molecular complexity index is 1360. The van der Waals surface area contributed by atoms with Crippen molar-refractivity contribution >= 4 is 17.6 Å². The lowest BCUT2D eigenvalue weighted by molar-refractivity contribution is 0.0362. The zero-order valence-corrected chi connectivity index (χ0v) is 21.5. The summed E-state index contributed by atoms with van der Waals surface area (Å²) in [5, 5.41) is 19.4. The molecule has 1 aliphatic heterocycles. The number of carbonyl (C=O) groups excluding carboxylic acids is 1. The molecule has 2 aromatic heterocycles. The Hall–Kier alpha value is -3.83. The molecule has 3 aromatic rings. The average Bonchev–Trinajstić information content (AvgIpc) is 3.35. The highest BCUT2D eigenvalue weighted by molar-refractivity contribution is 6.04. The fraction of sp³-hybridized carbons (Fsp3) is 0.423. The number of nitrogens with zero attached hydrogens (tertiary/aromatic N) is 5. The van der Waals surface area contributed by atoms with Gasteiger partial charge in [0.15, 0.2) is 5.69 Å². The van der Waals surface area contributed by atoms with E-state index in [4.69, 9.17) is 9.84 Å². The lowest BCUT2D eigenvalue weighted by Crippen LogP contribution is -2.39. The van der Waals surface area contributed by atoms with Gasteiger partial charge >= 0.3 is 5.97 Å². The smallest absolute Gasteiger partial charge is 0.358 e. The van der Waals surface area contributed by atoms with Gasteiger partial charge in [-0.25, -0.2) is 9.48 Å². The van der Waals surface area contributed by atoms with E-state index in [0.29, 0.717) is 37.6 Å². The van der Waals surface area contributed by atoms with Crippen LogP contribution >= 0.6 is 0 Å². The van der Waals surface area contributed by atoms with Crippen molar-refractivity contribution in [1.82, 2.24) is 24.5 Å². The van der Waals surface area contributed by atoms with Gasteiger partial charge in [-0.3, -0.25) is 14.5 Å². The van der Waals surface area contributed by atoms with Gasteiger partial charge < -0.3 is 19.7 Å². The summed E-state index contributed by atoms with van der Waals surface area (Å²) in [5.41, 5.74) is 2.01. The first-order valence-electron chi connectivity index (χ1n) is 12.2. The molecule has 11 nitrogen and oxygen atoms in total. The van der Waals surface area contributed by atoms with Crippen molar-refractivity contribution in [3.8, 4) is 5.69 Å². The van der Waals surface area contributed by atoms with Crippen molar-refractivity contribution in [2.45, 2.75) is 39.7 Å². The summed E-state index contributed by atoms with van der Waals surface area (Å²) in [7, 11) is 0. The van der Waals surface area contributed by atoms with E-state index in [-0.39, 0.29) is 22.4 Å². The maximum atomic E-state index is 13.3. The number of carboxylic acid groups (broad SMARTS) is 1. The first-order chi connectivity index (χ1) is 17.5. The summed E-state index contributed by atoms with van der Waals surface area (Å²) in [6.07, 6.45) is 3.15. The highest BCUT2D eigenvalue weighted by Gasteiger charge is 2.20. The van der Waals surface area contributed by atoms with Crippen LogP contribution in [0.4, 0.5) is 5.69 Å². The Morgan fingerprint density at radius 2 is 1.84 bits per heavy atom. The number of pyridine rings is 1. The molecule has 0 unspecified atom stereocenters. The van der Waals surface area contributed by atoms with Crippen molar-refractivity contribution in [3.05, 3.63) is 69.4 Å². The monoisotopic (exact) mass is 508 g/mol. The highest BCUT2D eigenvalue weighted by atomic mass is 16.5. The van der Waals surface area contributed by atoms with Crippen LogP contribution in [0.1, 0.15) is 52.7 Å². The number of carbonyl (C=O) groups is 2. The third-order valence-corrected chi connectivity index (χ3v) is 6.39. The molecule has 4 rings (SSSR count). The Morgan fingerprint density at radius 1 is 1.11 bits per heavy atom. The SMILES string of the molecule is Cc1ccc(C(=O)Nc2cc(C(C)(C)C)cn(CCN3CCOCC3)c2=O)cc1-n1cc(C(=O)O)nn1. The van der Waals surface area contributed by atoms with E-state index in [0.717, 1.165) is 24.2 Å². The molecule has 0 aliphatic carbocycles. The molecule has 0 radical (unpaired) electrons. The molecule has 0 spiro atoms. The summed E-state index contributed by atoms with van der Waals surface area (Å²) in [5.74, 6) is -1.65. The number of hydrogen-bond donors (Lipinski definition) is 2. The number of ether oxygens (including phenoxy) is 1. The van der Waals surface area contributed by atoms with Crippen LogP contribution in [-0.4, -0.2) is 74.3 Å². The number of benzene rings is 1. The minimum atomic E-state index is -1.19. The summed E-state index contributed by atoms with van der Waals surface area (Å²) in [6.45, 7) is 12.2. The van der Waals surface area contributed by atoms with Crippen molar-refractivity contribution in [3.63, 3.8) is 0 Å². The number of aromatic carboxylic acids is 1. The molecule has 0 atom stereocenters. The highest BCUT2D eigenvalue weighted by Crippen LogP contribution is 2.24. The number of morpholine rings is 1. The quantitative estimate of drug-likeness (QED) is 0.497. The summed E-state index contributed by atoms with van der Waals surface area (Å²) < 4.78 is 8.38.